The zero-order chi connectivity index (χ0) is 13.2. The molecule has 0 spiro atoms. The fraction of sp³-hybridized carbons (Fsp3) is 0.571. The number of hydrogen-bond donors (Lipinski definition) is 2. The fourth-order valence-electron chi connectivity index (χ4n) is 2.62. The second-order valence-electron chi connectivity index (χ2n) is 4.88. The molecule has 0 aliphatic carbocycles. The number of aliphatic hydroxyl groups excluding tert-OH is 2. The minimum absolute atomic E-state index is 0.000863. The summed E-state index contributed by atoms with van der Waals surface area (Å²) in [5.74, 6) is 0. The van der Waals surface area contributed by atoms with Crippen LogP contribution in [0.3, 0.4) is 0 Å². The van der Waals surface area contributed by atoms with Gasteiger partial charge in [0, 0.05) is 19.1 Å². The summed E-state index contributed by atoms with van der Waals surface area (Å²) in [7, 11) is 1.93. The van der Waals surface area contributed by atoms with Crippen LogP contribution in [0.4, 0.5) is 0 Å². The van der Waals surface area contributed by atoms with Crippen molar-refractivity contribution in [1.29, 1.82) is 0 Å². The van der Waals surface area contributed by atoms with Crippen LogP contribution >= 0.6 is 0 Å². The third kappa shape index (κ3) is 2.17. The number of aliphatic hydroxyl groups is 2. The van der Waals surface area contributed by atoms with Crippen molar-refractivity contribution in [3.63, 3.8) is 0 Å². The average molecular weight is 251 g/mol. The molecule has 3 atom stereocenters. The van der Waals surface area contributed by atoms with E-state index in [0.29, 0.717) is 6.42 Å². The maximum atomic E-state index is 9.62. The van der Waals surface area contributed by atoms with Gasteiger partial charge >= 0.3 is 0 Å². The summed E-state index contributed by atoms with van der Waals surface area (Å²) < 4.78 is 6.07. The van der Waals surface area contributed by atoms with E-state index in [4.69, 9.17) is 9.84 Å². The number of hydrogen-bond acceptors (Lipinski definition) is 4. The van der Waals surface area contributed by atoms with E-state index in [2.05, 4.69) is 6.92 Å². The SMILES string of the molecule is C[C@H]1[C@H](c2ccccc2)O[C@@](CO)(CCO)N1C. The standard InChI is InChI=1S/C14H21NO3/c1-11-13(12-6-4-3-5-7-12)18-14(10-17,8-9-16)15(11)2/h3-7,11,13,16-17H,8-10H2,1-2H3/t11-,13+,14+/m0/s1. The zero-order valence-corrected chi connectivity index (χ0v) is 10.9. The molecule has 1 fully saturated rings. The molecule has 18 heavy (non-hydrogen) atoms. The Balaban J connectivity index is 2.26. The van der Waals surface area contributed by atoms with Crippen molar-refractivity contribution in [3.8, 4) is 0 Å². The molecule has 0 radical (unpaired) electrons. The normalized spacial score (nSPS) is 32.9. The first-order chi connectivity index (χ1) is 8.64. The number of rotatable bonds is 4. The van der Waals surface area contributed by atoms with Gasteiger partial charge in [-0.25, -0.2) is 0 Å². The van der Waals surface area contributed by atoms with E-state index in [-0.39, 0.29) is 25.4 Å². The van der Waals surface area contributed by atoms with Crippen LogP contribution in [0.2, 0.25) is 0 Å². The van der Waals surface area contributed by atoms with Crippen molar-refractivity contribution in [2.24, 2.45) is 0 Å². The van der Waals surface area contributed by atoms with Gasteiger partial charge in [0.1, 0.15) is 11.8 Å². The molecule has 1 aromatic rings. The van der Waals surface area contributed by atoms with Gasteiger partial charge in [-0.15, -0.1) is 0 Å². The lowest BCUT2D eigenvalue weighted by molar-refractivity contribution is -0.138. The summed E-state index contributed by atoms with van der Waals surface area (Å²) in [5, 5.41) is 18.8. The first kappa shape index (κ1) is 13.5. The zero-order valence-electron chi connectivity index (χ0n) is 10.9. The van der Waals surface area contributed by atoms with E-state index in [1.54, 1.807) is 0 Å². The second kappa shape index (κ2) is 5.36. The largest absolute Gasteiger partial charge is 0.396 e. The third-order valence-corrected chi connectivity index (χ3v) is 3.92. The summed E-state index contributed by atoms with van der Waals surface area (Å²) in [6.45, 7) is 1.96. The minimum Gasteiger partial charge on any atom is -0.396 e. The van der Waals surface area contributed by atoms with E-state index in [0.717, 1.165) is 5.56 Å². The molecule has 100 valence electrons. The van der Waals surface area contributed by atoms with E-state index < -0.39 is 5.72 Å². The molecule has 2 rings (SSSR count). The van der Waals surface area contributed by atoms with Gasteiger partial charge in [-0.3, -0.25) is 4.90 Å². The number of benzene rings is 1. The third-order valence-electron chi connectivity index (χ3n) is 3.92. The van der Waals surface area contributed by atoms with Crippen LogP contribution in [0.25, 0.3) is 0 Å². The van der Waals surface area contributed by atoms with E-state index >= 15 is 0 Å². The highest BCUT2D eigenvalue weighted by molar-refractivity contribution is 5.21. The lowest BCUT2D eigenvalue weighted by Crippen LogP contribution is -2.48. The van der Waals surface area contributed by atoms with Crippen molar-refractivity contribution < 1.29 is 14.9 Å². The minimum atomic E-state index is -0.769. The molecular formula is C14H21NO3. The maximum Gasteiger partial charge on any atom is 0.148 e. The van der Waals surface area contributed by atoms with Crippen molar-refractivity contribution >= 4 is 0 Å². The molecule has 0 unspecified atom stereocenters. The van der Waals surface area contributed by atoms with Gasteiger partial charge in [-0.1, -0.05) is 30.3 Å². The molecule has 1 heterocycles. The number of nitrogens with zero attached hydrogens (tertiary/aromatic N) is 1. The van der Waals surface area contributed by atoms with Gasteiger partial charge in [-0.2, -0.15) is 0 Å². The molecule has 1 aromatic carbocycles. The molecule has 1 saturated heterocycles. The maximum absolute atomic E-state index is 9.62. The number of likely N-dealkylation sites (N-methyl/N-ethyl adjacent to an activating group) is 1. The van der Waals surface area contributed by atoms with Crippen LogP contribution in [0, 0.1) is 0 Å². The molecule has 0 aromatic heterocycles. The Hall–Kier alpha value is -0.940. The summed E-state index contributed by atoms with van der Waals surface area (Å²) in [6, 6.07) is 10.2. The van der Waals surface area contributed by atoms with Crippen LogP contribution in [0.5, 0.6) is 0 Å². The van der Waals surface area contributed by atoms with Gasteiger partial charge in [-0.05, 0) is 19.5 Å². The van der Waals surface area contributed by atoms with E-state index in [1.807, 2.05) is 42.3 Å². The Labute approximate surface area is 108 Å². The Bertz CT molecular complexity index is 384. The van der Waals surface area contributed by atoms with Crippen molar-refractivity contribution in [2.45, 2.75) is 31.2 Å². The van der Waals surface area contributed by atoms with Crippen LogP contribution in [0.15, 0.2) is 30.3 Å². The highest BCUT2D eigenvalue weighted by Gasteiger charge is 2.48. The molecule has 4 nitrogen and oxygen atoms in total. The van der Waals surface area contributed by atoms with Crippen LogP contribution < -0.4 is 0 Å². The highest BCUT2D eigenvalue weighted by atomic mass is 16.6. The first-order valence-corrected chi connectivity index (χ1v) is 6.32. The van der Waals surface area contributed by atoms with Crippen molar-refractivity contribution in [3.05, 3.63) is 35.9 Å². The van der Waals surface area contributed by atoms with E-state index in [9.17, 15) is 5.11 Å². The van der Waals surface area contributed by atoms with Gasteiger partial charge in [0.15, 0.2) is 0 Å². The first-order valence-electron chi connectivity index (χ1n) is 6.32. The Morgan fingerprint density at radius 3 is 2.50 bits per heavy atom. The molecule has 0 amide bonds. The molecular weight excluding hydrogens is 230 g/mol. The van der Waals surface area contributed by atoms with Crippen molar-refractivity contribution in [1.82, 2.24) is 4.90 Å². The monoisotopic (exact) mass is 251 g/mol. The number of ether oxygens (including phenoxy) is 1. The fourth-order valence-corrected chi connectivity index (χ4v) is 2.62. The predicted octanol–water partition coefficient (Wildman–Crippen LogP) is 1.15. The van der Waals surface area contributed by atoms with Gasteiger partial charge in [0.25, 0.3) is 0 Å². The highest BCUT2D eigenvalue weighted by Crippen LogP contribution is 2.41. The molecule has 0 saturated carbocycles. The summed E-state index contributed by atoms with van der Waals surface area (Å²) in [4.78, 5) is 2.01. The lowest BCUT2D eigenvalue weighted by Gasteiger charge is -2.33. The summed E-state index contributed by atoms with van der Waals surface area (Å²) in [5.41, 5.74) is 0.333. The average Bonchev–Trinajstić information content (AvgIpc) is 2.66. The predicted molar refractivity (Wildman–Crippen MR) is 69.0 cm³/mol. The lowest BCUT2D eigenvalue weighted by atomic mass is 10.0. The quantitative estimate of drug-likeness (QED) is 0.843. The Morgan fingerprint density at radius 1 is 1.28 bits per heavy atom. The molecule has 4 heteroatoms. The van der Waals surface area contributed by atoms with E-state index in [1.165, 1.54) is 0 Å². The Morgan fingerprint density at radius 2 is 1.94 bits per heavy atom. The molecule has 0 bridgehead atoms. The van der Waals surface area contributed by atoms with Crippen LogP contribution in [0.1, 0.15) is 25.0 Å². The topological polar surface area (TPSA) is 52.9 Å². The smallest absolute Gasteiger partial charge is 0.148 e. The van der Waals surface area contributed by atoms with Gasteiger partial charge < -0.3 is 14.9 Å². The molecule has 1 aliphatic rings. The van der Waals surface area contributed by atoms with Crippen molar-refractivity contribution in [2.75, 3.05) is 20.3 Å². The molecule has 2 N–H and O–H groups in total. The second-order valence-corrected chi connectivity index (χ2v) is 4.88. The summed E-state index contributed by atoms with van der Waals surface area (Å²) in [6.07, 6.45) is 0.336. The summed E-state index contributed by atoms with van der Waals surface area (Å²) >= 11 is 0. The van der Waals surface area contributed by atoms with Crippen LogP contribution in [-0.2, 0) is 4.74 Å². The molecule has 1 aliphatic heterocycles. The van der Waals surface area contributed by atoms with Crippen LogP contribution in [-0.4, -0.2) is 47.1 Å². The Kier molecular flexibility index (Phi) is 4.02. The van der Waals surface area contributed by atoms with Gasteiger partial charge in [0.05, 0.1) is 6.61 Å². The van der Waals surface area contributed by atoms with Gasteiger partial charge in [0.2, 0.25) is 0 Å².